The predicted molar refractivity (Wildman–Crippen MR) is 82.1 cm³/mol. The molecular formula is C16H26N2O2. The molecule has 112 valence electrons. The van der Waals surface area contributed by atoms with Crippen molar-refractivity contribution in [3.05, 3.63) is 29.8 Å². The van der Waals surface area contributed by atoms with E-state index in [9.17, 15) is 0 Å². The van der Waals surface area contributed by atoms with Crippen molar-refractivity contribution in [2.75, 3.05) is 44.9 Å². The van der Waals surface area contributed by atoms with Gasteiger partial charge in [0.05, 0.1) is 6.61 Å². The van der Waals surface area contributed by atoms with Crippen LogP contribution >= 0.6 is 0 Å². The highest BCUT2D eigenvalue weighted by Crippen LogP contribution is 2.30. The van der Waals surface area contributed by atoms with Gasteiger partial charge in [0.25, 0.3) is 0 Å². The first-order valence-electron chi connectivity index (χ1n) is 7.49. The number of hydrogen-bond acceptors (Lipinski definition) is 4. The van der Waals surface area contributed by atoms with E-state index in [1.807, 2.05) is 0 Å². The van der Waals surface area contributed by atoms with Crippen molar-refractivity contribution in [1.29, 1.82) is 0 Å². The number of rotatable bonds is 7. The molecule has 0 radical (unpaired) electrons. The number of nitrogens with zero attached hydrogens (tertiary/aromatic N) is 1. The maximum absolute atomic E-state index is 6.25. The lowest BCUT2D eigenvalue weighted by atomic mass is 10.0. The SMILES string of the molecule is COCCCOCCN1CCCC(N)c2ccccc21. The number of nitrogens with two attached hydrogens (primary N) is 1. The lowest BCUT2D eigenvalue weighted by Gasteiger charge is -2.25. The van der Waals surface area contributed by atoms with Gasteiger partial charge in [-0.1, -0.05) is 18.2 Å². The van der Waals surface area contributed by atoms with E-state index >= 15 is 0 Å². The average molecular weight is 278 g/mol. The molecule has 0 aliphatic carbocycles. The highest BCUT2D eigenvalue weighted by atomic mass is 16.5. The largest absolute Gasteiger partial charge is 0.385 e. The molecule has 2 N–H and O–H groups in total. The minimum atomic E-state index is 0.166. The number of para-hydroxylation sites is 1. The van der Waals surface area contributed by atoms with E-state index in [4.69, 9.17) is 15.2 Å². The fourth-order valence-corrected chi connectivity index (χ4v) is 2.68. The van der Waals surface area contributed by atoms with Crippen LogP contribution in [0, 0.1) is 0 Å². The molecule has 0 fully saturated rings. The average Bonchev–Trinajstić information content (AvgIpc) is 2.63. The smallest absolute Gasteiger partial charge is 0.0641 e. The molecule has 0 aromatic heterocycles. The molecule has 2 rings (SSSR count). The molecule has 1 aromatic rings. The van der Waals surface area contributed by atoms with Crippen molar-refractivity contribution in [1.82, 2.24) is 0 Å². The van der Waals surface area contributed by atoms with Gasteiger partial charge >= 0.3 is 0 Å². The number of ether oxygens (including phenoxy) is 2. The third kappa shape index (κ3) is 4.20. The molecule has 0 saturated carbocycles. The standard InChI is InChI=1S/C16H26N2O2/c1-19-11-5-12-20-13-10-18-9-4-7-15(17)14-6-2-3-8-16(14)18/h2-3,6,8,15H,4-5,7,9-13,17H2,1H3. The van der Waals surface area contributed by atoms with Gasteiger partial charge in [0, 0.05) is 45.1 Å². The van der Waals surface area contributed by atoms with E-state index in [1.54, 1.807) is 7.11 Å². The van der Waals surface area contributed by atoms with Crippen molar-refractivity contribution in [3.8, 4) is 0 Å². The van der Waals surface area contributed by atoms with Crippen LogP contribution in [0.25, 0.3) is 0 Å². The first kappa shape index (κ1) is 15.3. The van der Waals surface area contributed by atoms with Crippen LogP contribution in [0.3, 0.4) is 0 Å². The van der Waals surface area contributed by atoms with Crippen LogP contribution in [-0.2, 0) is 9.47 Å². The van der Waals surface area contributed by atoms with Crippen molar-refractivity contribution in [2.45, 2.75) is 25.3 Å². The molecule has 1 heterocycles. The third-order valence-corrected chi connectivity index (χ3v) is 3.76. The Hall–Kier alpha value is -1.10. The summed E-state index contributed by atoms with van der Waals surface area (Å²) >= 11 is 0. The lowest BCUT2D eigenvalue weighted by molar-refractivity contribution is 0.107. The Kier molecular flexibility index (Phi) is 6.30. The zero-order chi connectivity index (χ0) is 14.2. The molecule has 0 amide bonds. The summed E-state index contributed by atoms with van der Waals surface area (Å²) in [6.07, 6.45) is 3.15. The normalized spacial score (nSPS) is 18.7. The summed E-state index contributed by atoms with van der Waals surface area (Å²) in [5.74, 6) is 0. The molecule has 0 saturated heterocycles. The molecule has 1 unspecified atom stereocenters. The van der Waals surface area contributed by atoms with E-state index < -0.39 is 0 Å². The Morgan fingerprint density at radius 3 is 2.95 bits per heavy atom. The van der Waals surface area contributed by atoms with Gasteiger partial charge < -0.3 is 20.1 Å². The van der Waals surface area contributed by atoms with Crippen LogP contribution in [0.15, 0.2) is 24.3 Å². The third-order valence-electron chi connectivity index (χ3n) is 3.76. The summed E-state index contributed by atoms with van der Waals surface area (Å²) in [6, 6.07) is 8.65. The summed E-state index contributed by atoms with van der Waals surface area (Å²) in [5, 5.41) is 0. The van der Waals surface area contributed by atoms with Crippen LogP contribution < -0.4 is 10.6 Å². The molecule has 4 heteroatoms. The number of methoxy groups -OCH3 is 1. The second-order valence-corrected chi connectivity index (χ2v) is 5.25. The summed E-state index contributed by atoms with van der Waals surface area (Å²) in [4.78, 5) is 2.40. The van der Waals surface area contributed by atoms with Crippen LogP contribution in [0.4, 0.5) is 5.69 Å². The van der Waals surface area contributed by atoms with Crippen molar-refractivity contribution in [3.63, 3.8) is 0 Å². The van der Waals surface area contributed by atoms with Gasteiger partial charge in [-0.25, -0.2) is 0 Å². The molecule has 1 aliphatic heterocycles. The highest BCUT2D eigenvalue weighted by molar-refractivity contribution is 5.55. The van der Waals surface area contributed by atoms with Gasteiger partial charge in [0.1, 0.15) is 0 Å². The van der Waals surface area contributed by atoms with E-state index in [0.29, 0.717) is 0 Å². The molecular weight excluding hydrogens is 252 g/mol. The first-order chi connectivity index (χ1) is 9.83. The van der Waals surface area contributed by atoms with Crippen molar-refractivity contribution >= 4 is 5.69 Å². The summed E-state index contributed by atoms with van der Waals surface area (Å²) < 4.78 is 10.7. The first-order valence-corrected chi connectivity index (χ1v) is 7.49. The van der Waals surface area contributed by atoms with E-state index in [-0.39, 0.29) is 6.04 Å². The van der Waals surface area contributed by atoms with Gasteiger partial charge in [-0.15, -0.1) is 0 Å². The minimum Gasteiger partial charge on any atom is -0.385 e. The Balaban J connectivity index is 1.86. The number of anilines is 1. The fourth-order valence-electron chi connectivity index (χ4n) is 2.68. The van der Waals surface area contributed by atoms with Crippen LogP contribution in [0.1, 0.15) is 30.9 Å². The maximum atomic E-state index is 6.25. The topological polar surface area (TPSA) is 47.7 Å². The molecule has 1 aromatic carbocycles. The molecule has 1 atom stereocenters. The quantitative estimate of drug-likeness (QED) is 0.778. The molecule has 4 nitrogen and oxygen atoms in total. The fraction of sp³-hybridized carbons (Fsp3) is 0.625. The molecule has 0 bridgehead atoms. The number of benzene rings is 1. The van der Waals surface area contributed by atoms with Gasteiger partial charge in [0.15, 0.2) is 0 Å². The zero-order valence-electron chi connectivity index (χ0n) is 12.4. The maximum Gasteiger partial charge on any atom is 0.0641 e. The van der Waals surface area contributed by atoms with Crippen molar-refractivity contribution < 1.29 is 9.47 Å². The minimum absolute atomic E-state index is 0.166. The van der Waals surface area contributed by atoms with Crippen LogP contribution in [-0.4, -0.2) is 40.0 Å². The van der Waals surface area contributed by atoms with E-state index in [2.05, 4.69) is 29.2 Å². The molecule has 0 spiro atoms. The monoisotopic (exact) mass is 278 g/mol. The van der Waals surface area contributed by atoms with E-state index in [1.165, 1.54) is 11.3 Å². The van der Waals surface area contributed by atoms with Gasteiger partial charge in [-0.3, -0.25) is 0 Å². The Morgan fingerprint density at radius 1 is 1.25 bits per heavy atom. The van der Waals surface area contributed by atoms with Gasteiger partial charge in [-0.2, -0.15) is 0 Å². The van der Waals surface area contributed by atoms with Gasteiger partial charge in [0.2, 0.25) is 0 Å². The molecule has 20 heavy (non-hydrogen) atoms. The Bertz CT molecular complexity index is 398. The Morgan fingerprint density at radius 2 is 2.10 bits per heavy atom. The number of hydrogen-bond donors (Lipinski definition) is 1. The number of fused-ring (bicyclic) bond motifs is 1. The Labute approximate surface area is 121 Å². The predicted octanol–water partition coefficient (Wildman–Crippen LogP) is 2.34. The van der Waals surface area contributed by atoms with Gasteiger partial charge in [-0.05, 0) is 30.9 Å². The van der Waals surface area contributed by atoms with E-state index in [0.717, 1.165) is 52.2 Å². The summed E-state index contributed by atoms with van der Waals surface area (Å²) in [7, 11) is 1.72. The second kappa shape index (κ2) is 8.25. The molecule has 1 aliphatic rings. The summed E-state index contributed by atoms with van der Waals surface area (Å²) in [5.41, 5.74) is 8.79. The zero-order valence-corrected chi connectivity index (χ0v) is 12.4. The van der Waals surface area contributed by atoms with Crippen LogP contribution in [0.2, 0.25) is 0 Å². The lowest BCUT2D eigenvalue weighted by Crippen LogP contribution is -2.28. The van der Waals surface area contributed by atoms with Crippen molar-refractivity contribution in [2.24, 2.45) is 5.73 Å². The summed E-state index contributed by atoms with van der Waals surface area (Å²) in [6.45, 7) is 4.28. The second-order valence-electron chi connectivity index (χ2n) is 5.25. The van der Waals surface area contributed by atoms with Crippen LogP contribution in [0.5, 0.6) is 0 Å². The highest BCUT2D eigenvalue weighted by Gasteiger charge is 2.19.